The van der Waals surface area contributed by atoms with E-state index < -0.39 is 10.1 Å². The van der Waals surface area contributed by atoms with Crippen molar-refractivity contribution in [2.75, 3.05) is 12.3 Å². The van der Waals surface area contributed by atoms with Crippen molar-refractivity contribution in [3.8, 4) is 0 Å². The van der Waals surface area contributed by atoms with Gasteiger partial charge in [-0.1, -0.05) is 19.3 Å². The molecule has 1 aliphatic carbocycles. The molecular weight excluding hydrogens is 225 g/mol. The van der Waals surface area contributed by atoms with Crippen molar-refractivity contribution in [3.63, 3.8) is 0 Å². The standard InChI is InChI=1S/C9H19NO3S.Na.H/c11-14(12,13)8-4-7-10-9-5-2-1-3-6-9;;/h9-10H,1-8H2,(H,11,12,13);;. The van der Waals surface area contributed by atoms with Crippen molar-refractivity contribution < 1.29 is 13.0 Å². The molecule has 86 valence electrons. The molecule has 0 aromatic carbocycles. The second-order valence-electron chi connectivity index (χ2n) is 3.93. The first kappa shape index (κ1) is 15.9. The van der Waals surface area contributed by atoms with Gasteiger partial charge in [0.1, 0.15) is 0 Å². The van der Waals surface area contributed by atoms with Gasteiger partial charge in [0.15, 0.2) is 0 Å². The summed E-state index contributed by atoms with van der Waals surface area (Å²) in [7, 11) is -3.77. The van der Waals surface area contributed by atoms with Crippen LogP contribution in [-0.4, -0.2) is 60.9 Å². The van der Waals surface area contributed by atoms with Gasteiger partial charge in [-0.25, -0.2) is 0 Å². The van der Waals surface area contributed by atoms with Gasteiger partial charge in [-0.3, -0.25) is 4.55 Å². The van der Waals surface area contributed by atoms with Crippen LogP contribution in [0.5, 0.6) is 0 Å². The Morgan fingerprint density at radius 2 is 1.80 bits per heavy atom. The van der Waals surface area contributed by atoms with E-state index in [-0.39, 0.29) is 35.3 Å². The van der Waals surface area contributed by atoms with Crippen LogP contribution < -0.4 is 5.32 Å². The Hall–Kier alpha value is 0.870. The average molecular weight is 245 g/mol. The molecule has 0 aromatic rings. The summed E-state index contributed by atoms with van der Waals surface area (Å²) in [4.78, 5) is 0. The third-order valence-corrected chi connectivity index (χ3v) is 3.42. The molecule has 1 saturated carbocycles. The summed E-state index contributed by atoms with van der Waals surface area (Å²) < 4.78 is 29.3. The first-order valence-corrected chi connectivity index (χ1v) is 6.87. The molecule has 1 rings (SSSR count). The molecule has 0 radical (unpaired) electrons. The van der Waals surface area contributed by atoms with E-state index in [1.807, 2.05) is 0 Å². The maximum atomic E-state index is 10.4. The van der Waals surface area contributed by atoms with Crippen LogP contribution in [0.3, 0.4) is 0 Å². The molecule has 0 aliphatic heterocycles. The summed E-state index contributed by atoms with van der Waals surface area (Å²) in [5.74, 6) is -0.132. The molecule has 6 heteroatoms. The Morgan fingerprint density at radius 3 is 2.33 bits per heavy atom. The van der Waals surface area contributed by atoms with Gasteiger partial charge in [-0.15, -0.1) is 0 Å². The molecule has 15 heavy (non-hydrogen) atoms. The SMILES string of the molecule is O=S(=O)(O)CCCNC1CCCCC1.[NaH]. The van der Waals surface area contributed by atoms with E-state index in [0.29, 0.717) is 19.0 Å². The molecule has 0 amide bonds. The molecule has 1 aliphatic rings. The van der Waals surface area contributed by atoms with E-state index in [9.17, 15) is 8.42 Å². The molecule has 0 spiro atoms. The van der Waals surface area contributed by atoms with Crippen molar-refractivity contribution in [1.29, 1.82) is 0 Å². The maximum absolute atomic E-state index is 10.4. The molecule has 4 nitrogen and oxygen atoms in total. The van der Waals surface area contributed by atoms with Gasteiger partial charge in [-0.2, -0.15) is 8.42 Å². The van der Waals surface area contributed by atoms with Crippen LogP contribution in [-0.2, 0) is 10.1 Å². The zero-order chi connectivity index (χ0) is 10.4. The van der Waals surface area contributed by atoms with Crippen molar-refractivity contribution in [2.24, 2.45) is 0 Å². The molecule has 2 N–H and O–H groups in total. The van der Waals surface area contributed by atoms with Gasteiger partial charge in [-0.05, 0) is 25.8 Å². The monoisotopic (exact) mass is 245 g/mol. The first-order chi connectivity index (χ1) is 6.58. The normalized spacial score (nSPS) is 18.5. The van der Waals surface area contributed by atoms with Gasteiger partial charge in [0, 0.05) is 6.04 Å². The number of hydrogen-bond donors (Lipinski definition) is 2. The molecule has 0 heterocycles. The van der Waals surface area contributed by atoms with Crippen molar-refractivity contribution in [1.82, 2.24) is 5.32 Å². The zero-order valence-corrected chi connectivity index (χ0v) is 9.22. The van der Waals surface area contributed by atoms with Gasteiger partial charge < -0.3 is 5.32 Å². The van der Waals surface area contributed by atoms with Gasteiger partial charge in [0.05, 0.1) is 5.75 Å². The number of hydrogen-bond acceptors (Lipinski definition) is 3. The summed E-state index contributed by atoms with van der Waals surface area (Å²) in [6.07, 6.45) is 6.77. The molecular formula is C9H20NNaO3S. The van der Waals surface area contributed by atoms with Crippen LogP contribution in [0.2, 0.25) is 0 Å². The molecule has 0 aromatic heterocycles. The van der Waals surface area contributed by atoms with E-state index in [1.54, 1.807) is 0 Å². The van der Waals surface area contributed by atoms with Gasteiger partial charge in [0.2, 0.25) is 0 Å². The third-order valence-electron chi connectivity index (χ3n) is 2.62. The van der Waals surface area contributed by atoms with Crippen molar-refractivity contribution in [2.45, 2.75) is 44.6 Å². The van der Waals surface area contributed by atoms with E-state index in [0.717, 1.165) is 0 Å². The van der Waals surface area contributed by atoms with Crippen LogP contribution in [0.1, 0.15) is 38.5 Å². The quantitative estimate of drug-likeness (QED) is 0.421. The average Bonchev–Trinajstić information content (AvgIpc) is 2.13. The van der Waals surface area contributed by atoms with Crippen LogP contribution >= 0.6 is 0 Å². The van der Waals surface area contributed by atoms with Gasteiger partial charge in [0.25, 0.3) is 10.1 Å². The molecule has 0 unspecified atom stereocenters. The molecule has 0 bridgehead atoms. The van der Waals surface area contributed by atoms with Crippen molar-refractivity contribution in [3.05, 3.63) is 0 Å². The van der Waals surface area contributed by atoms with Gasteiger partial charge >= 0.3 is 29.6 Å². The summed E-state index contributed by atoms with van der Waals surface area (Å²) >= 11 is 0. The fraction of sp³-hybridized carbons (Fsp3) is 1.00. The molecule has 0 atom stereocenters. The second-order valence-corrected chi connectivity index (χ2v) is 5.50. The predicted octanol–water partition coefficient (Wildman–Crippen LogP) is 0.538. The minimum atomic E-state index is -3.77. The Labute approximate surface area is 114 Å². The summed E-state index contributed by atoms with van der Waals surface area (Å²) in [5.41, 5.74) is 0. The third kappa shape index (κ3) is 8.65. The Morgan fingerprint density at radius 1 is 1.20 bits per heavy atom. The fourth-order valence-electron chi connectivity index (χ4n) is 1.87. The topological polar surface area (TPSA) is 66.4 Å². The Bertz CT molecular complexity index is 250. The van der Waals surface area contributed by atoms with Crippen LogP contribution in [0.4, 0.5) is 0 Å². The van der Waals surface area contributed by atoms with E-state index >= 15 is 0 Å². The van der Waals surface area contributed by atoms with Crippen LogP contribution in [0.15, 0.2) is 0 Å². The first-order valence-electron chi connectivity index (χ1n) is 5.26. The molecule has 1 fully saturated rings. The summed E-state index contributed by atoms with van der Waals surface area (Å²) in [6, 6.07) is 0.560. The zero-order valence-electron chi connectivity index (χ0n) is 8.41. The number of nitrogens with one attached hydrogen (secondary N) is 1. The number of rotatable bonds is 5. The van der Waals surface area contributed by atoms with E-state index in [2.05, 4.69) is 5.32 Å². The Balaban J connectivity index is 0.00000196. The van der Waals surface area contributed by atoms with Crippen LogP contribution in [0.25, 0.3) is 0 Å². The minimum absolute atomic E-state index is 0. The van der Waals surface area contributed by atoms with E-state index in [1.165, 1.54) is 32.1 Å². The summed E-state index contributed by atoms with van der Waals surface area (Å²) in [6.45, 7) is 0.685. The van der Waals surface area contributed by atoms with Crippen LogP contribution in [0, 0.1) is 0 Å². The molecule has 0 saturated heterocycles. The van der Waals surface area contributed by atoms with Crippen molar-refractivity contribution >= 4 is 39.7 Å². The van der Waals surface area contributed by atoms with E-state index in [4.69, 9.17) is 4.55 Å². The predicted molar refractivity (Wildman–Crippen MR) is 63.1 cm³/mol. The fourth-order valence-corrected chi connectivity index (χ4v) is 2.38. The Kier molecular flexibility index (Phi) is 8.50. The summed E-state index contributed by atoms with van der Waals surface area (Å²) in [5, 5.41) is 3.32. The second kappa shape index (κ2) is 8.03.